The maximum atomic E-state index is 12.3. The van der Waals surface area contributed by atoms with Gasteiger partial charge in [-0.15, -0.1) is 0 Å². The van der Waals surface area contributed by atoms with Gasteiger partial charge in [0.05, 0.1) is 17.9 Å². The van der Waals surface area contributed by atoms with Crippen molar-refractivity contribution >= 4 is 16.0 Å². The van der Waals surface area contributed by atoms with E-state index in [1.165, 1.54) is 57.4 Å². The molecule has 0 saturated heterocycles. The number of carbonyl (C=O) groups excluding carboxylic acids is 1. The smallest absolute Gasteiger partial charge is 0.267 e. The second-order valence-electron chi connectivity index (χ2n) is 9.66. The van der Waals surface area contributed by atoms with E-state index in [4.69, 9.17) is 0 Å². The van der Waals surface area contributed by atoms with E-state index in [0.717, 1.165) is 44.9 Å². The lowest BCUT2D eigenvalue weighted by Gasteiger charge is -2.21. The third kappa shape index (κ3) is 24.3. The van der Waals surface area contributed by atoms with Gasteiger partial charge in [-0.2, -0.15) is 8.42 Å². The Morgan fingerprint density at radius 2 is 1.19 bits per heavy atom. The predicted octanol–water partition coefficient (Wildman–Crippen LogP) is 7.06. The van der Waals surface area contributed by atoms with Gasteiger partial charge in [0.25, 0.3) is 10.1 Å². The van der Waals surface area contributed by atoms with Crippen molar-refractivity contribution < 1.29 is 22.9 Å². The largest absolute Gasteiger partial charge is 0.387 e. The summed E-state index contributed by atoms with van der Waals surface area (Å²) in [7, 11) is -4.34. The summed E-state index contributed by atoms with van der Waals surface area (Å²) < 4.78 is 32.0. The van der Waals surface area contributed by atoms with Crippen LogP contribution in [-0.4, -0.2) is 41.9 Å². The van der Waals surface area contributed by atoms with Gasteiger partial charge in [-0.25, -0.2) is 0 Å². The molecule has 0 heterocycles. The van der Waals surface area contributed by atoms with E-state index in [1.807, 2.05) is 0 Å². The van der Waals surface area contributed by atoms with Crippen molar-refractivity contribution in [1.82, 2.24) is 5.32 Å². The van der Waals surface area contributed by atoms with E-state index in [1.54, 1.807) is 6.08 Å². The highest BCUT2D eigenvalue weighted by atomic mass is 32.2. The van der Waals surface area contributed by atoms with Crippen LogP contribution in [0.3, 0.4) is 0 Å². The molecule has 0 aromatic heterocycles. The number of hydrogen-bond acceptors (Lipinski definition) is 4. The molecule has 0 radical (unpaired) electrons. The van der Waals surface area contributed by atoms with Crippen LogP contribution in [0.4, 0.5) is 0 Å². The summed E-state index contributed by atoms with van der Waals surface area (Å²) >= 11 is 0. The summed E-state index contributed by atoms with van der Waals surface area (Å²) in [4.78, 5) is 12.3. The number of aliphatic hydroxyl groups is 1. The van der Waals surface area contributed by atoms with Crippen LogP contribution in [0, 0.1) is 0 Å². The Hall–Kier alpha value is -1.44. The van der Waals surface area contributed by atoms with E-state index in [2.05, 4.69) is 43.5 Å². The average molecular weight is 528 g/mol. The third-order valence-electron chi connectivity index (χ3n) is 6.03. The molecule has 1 amide bonds. The van der Waals surface area contributed by atoms with Crippen molar-refractivity contribution in [3.63, 3.8) is 0 Å². The Morgan fingerprint density at radius 3 is 1.69 bits per heavy atom. The van der Waals surface area contributed by atoms with Crippen molar-refractivity contribution in [2.45, 2.75) is 135 Å². The van der Waals surface area contributed by atoms with Gasteiger partial charge >= 0.3 is 0 Å². The highest BCUT2D eigenvalue weighted by molar-refractivity contribution is 7.85. The molecular formula is C29H53NO5S. The Bertz CT molecular complexity index is 715. The van der Waals surface area contributed by atoms with Crippen LogP contribution in [0.2, 0.25) is 0 Å². The molecule has 36 heavy (non-hydrogen) atoms. The number of amides is 1. The van der Waals surface area contributed by atoms with Crippen LogP contribution < -0.4 is 5.32 Å². The molecule has 0 rings (SSSR count). The molecule has 2 unspecified atom stereocenters. The summed E-state index contributed by atoms with van der Waals surface area (Å²) in [6.07, 6.45) is 28.5. The van der Waals surface area contributed by atoms with Gasteiger partial charge in [0.15, 0.2) is 0 Å². The van der Waals surface area contributed by atoms with Crippen LogP contribution in [0.15, 0.2) is 36.5 Å². The zero-order valence-electron chi connectivity index (χ0n) is 22.9. The normalized spacial score (nSPS) is 14.2. The molecule has 7 heteroatoms. The maximum absolute atomic E-state index is 12.3. The number of carbonyl (C=O) groups is 1. The van der Waals surface area contributed by atoms with Crippen LogP contribution in [-0.2, 0) is 14.9 Å². The van der Waals surface area contributed by atoms with Gasteiger partial charge in [0.2, 0.25) is 5.91 Å². The summed E-state index contributed by atoms with van der Waals surface area (Å²) in [6.45, 7) is 4.38. The molecule has 0 spiro atoms. The zero-order chi connectivity index (χ0) is 26.9. The molecule has 0 saturated carbocycles. The molecule has 0 aliphatic rings. The molecular weight excluding hydrogens is 474 g/mol. The quantitative estimate of drug-likeness (QED) is 0.0708. The molecule has 0 bridgehead atoms. The fourth-order valence-electron chi connectivity index (χ4n) is 3.90. The number of aliphatic hydroxyl groups excluding tert-OH is 1. The van der Waals surface area contributed by atoms with Crippen molar-refractivity contribution in [1.29, 1.82) is 0 Å². The van der Waals surface area contributed by atoms with E-state index < -0.39 is 28.0 Å². The summed E-state index contributed by atoms with van der Waals surface area (Å²) in [5.74, 6) is -1.01. The monoisotopic (exact) mass is 527 g/mol. The lowest BCUT2D eigenvalue weighted by atomic mass is 10.1. The van der Waals surface area contributed by atoms with Gasteiger partial charge in [-0.05, 0) is 38.5 Å². The number of hydrogen-bond donors (Lipinski definition) is 3. The second kappa shape index (κ2) is 23.9. The summed E-state index contributed by atoms with van der Waals surface area (Å²) in [5.41, 5.74) is 0. The van der Waals surface area contributed by atoms with Crippen molar-refractivity contribution in [2.75, 3.05) is 5.75 Å². The van der Waals surface area contributed by atoms with Crippen molar-refractivity contribution in [3.8, 4) is 0 Å². The van der Waals surface area contributed by atoms with Gasteiger partial charge in [-0.1, -0.05) is 115 Å². The van der Waals surface area contributed by atoms with Crippen LogP contribution in [0.5, 0.6) is 0 Å². The fourth-order valence-corrected chi connectivity index (χ4v) is 4.63. The first-order valence-electron chi connectivity index (χ1n) is 14.2. The first kappa shape index (κ1) is 34.6. The van der Waals surface area contributed by atoms with Gasteiger partial charge < -0.3 is 10.4 Å². The molecule has 0 aliphatic carbocycles. The first-order valence-corrected chi connectivity index (χ1v) is 15.8. The standard InChI is InChI=1S/C29H53NO5S/c1-3-5-7-9-11-13-15-16-18-20-22-24-28(31)27(26-36(33,34)35)30-29(32)25-23-21-19-17-14-12-10-8-6-4-2/h7,9,15-16,22,24,27-28,31H,3-6,8,10-14,17-21,23,25-26H2,1-2H3,(H,30,32)(H,33,34,35)/b9-7+,16-15+,24-22+. The molecule has 2 atom stereocenters. The van der Waals surface area contributed by atoms with E-state index in [0.29, 0.717) is 6.42 Å². The number of rotatable bonds is 24. The van der Waals surface area contributed by atoms with Crippen molar-refractivity contribution in [3.05, 3.63) is 36.5 Å². The molecule has 210 valence electrons. The lowest BCUT2D eigenvalue weighted by Crippen LogP contribution is -2.46. The Balaban J connectivity index is 4.24. The van der Waals surface area contributed by atoms with Crippen LogP contribution >= 0.6 is 0 Å². The minimum absolute atomic E-state index is 0.285. The van der Waals surface area contributed by atoms with Gasteiger partial charge in [0.1, 0.15) is 0 Å². The average Bonchev–Trinajstić information content (AvgIpc) is 2.82. The molecule has 0 aromatic rings. The first-order chi connectivity index (χ1) is 17.3. The second-order valence-corrected chi connectivity index (χ2v) is 11.2. The Labute approximate surface area is 221 Å². The predicted molar refractivity (Wildman–Crippen MR) is 152 cm³/mol. The minimum Gasteiger partial charge on any atom is -0.387 e. The lowest BCUT2D eigenvalue weighted by molar-refractivity contribution is -0.122. The van der Waals surface area contributed by atoms with E-state index in [-0.39, 0.29) is 12.3 Å². The third-order valence-corrected chi connectivity index (χ3v) is 6.81. The minimum atomic E-state index is -4.34. The number of nitrogens with one attached hydrogen (secondary N) is 1. The van der Waals surface area contributed by atoms with Crippen LogP contribution in [0.1, 0.15) is 123 Å². The molecule has 6 nitrogen and oxygen atoms in total. The molecule has 3 N–H and O–H groups in total. The highest BCUT2D eigenvalue weighted by Gasteiger charge is 2.24. The van der Waals surface area contributed by atoms with Crippen molar-refractivity contribution in [2.24, 2.45) is 0 Å². The van der Waals surface area contributed by atoms with Gasteiger partial charge in [0, 0.05) is 6.42 Å². The maximum Gasteiger partial charge on any atom is 0.267 e. The molecule has 0 fully saturated rings. The Morgan fingerprint density at radius 1 is 0.722 bits per heavy atom. The summed E-state index contributed by atoms with van der Waals surface area (Å²) in [6, 6.07) is -1.07. The fraction of sp³-hybridized carbons (Fsp3) is 0.759. The molecule has 0 aliphatic heterocycles. The van der Waals surface area contributed by atoms with E-state index >= 15 is 0 Å². The molecule has 0 aromatic carbocycles. The van der Waals surface area contributed by atoms with E-state index in [9.17, 15) is 22.9 Å². The highest BCUT2D eigenvalue weighted by Crippen LogP contribution is 2.11. The topological polar surface area (TPSA) is 104 Å². The number of unbranched alkanes of at least 4 members (excludes halogenated alkanes) is 12. The zero-order valence-corrected chi connectivity index (χ0v) is 23.7. The Kier molecular flexibility index (Phi) is 23.0. The van der Waals surface area contributed by atoms with Gasteiger partial charge in [-0.3, -0.25) is 9.35 Å². The number of allylic oxidation sites excluding steroid dienone is 5. The SMILES string of the molecule is CCC/C=C/CC/C=C/CC/C=C/C(O)C(CS(=O)(=O)O)NC(=O)CCCCCCCCCCCC. The van der Waals surface area contributed by atoms with Crippen LogP contribution in [0.25, 0.3) is 0 Å². The summed E-state index contributed by atoms with van der Waals surface area (Å²) in [5, 5.41) is 13.0.